The van der Waals surface area contributed by atoms with Gasteiger partial charge < -0.3 is 15.5 Å². The topological polar surface area (TPSA) is 35.7 Å². The number of piperazine rings is 1. The maximum Gasteiger partial charge on any atom is 0.0368 e. The number of nitrogens with zero attached hydrogens (tertiary/aromatic N) is 3. The first-order valence-corrected chi connectivity index (χ1v) is 7.78. The number of hydrogen-bond donors (Lipinski definition) is 1. The smallest absolute Gasteiger partial charge is 0.0368 e. The average molecular weight is 276 g/mol. The van der Waals surface area contributed by atoms with Gasteiger partial charge in [-0.2, -0.15) is 0 Å². The lowest BCUT2D eigenvalue weighted by Crippen LogP contribution is -2.48. The van der Waals surface area contributed by atoms with Gasteiger partial charge in [0.1, 0.15) is 0 Å². The van der Waals surface area contributed by atoms with Gasteiger partial charge in [0, 0.05) is 50.6 Å². The summed E-state index contributed by atoms with van der Waals surface area (Å²) in [5, 5.41) is 0. The van der Waals surface area contributed by atoms with Gasteiger partial charge in [0.2, 0.25) is 0 Å². The Labute approximate surface area is 123 Å². The summed E-state index contributed by atoms with van der Waals surface area (Å²) < 4.78 is 0. The summed E-state index contributed by atoms with van der Waals surface area (Å²) >= 11 is 0. The summed E-state index contributed by atoms with van der Waals surface area (Å²) in [4.78, 5) is 7.52. The lowest BCUT2D eigenvalue weighted by atomic mass is 10.2. The molecule has 0 bridgehead atoms. The van der Waals surface area contributed by atoms with E-state index in [0.29, 0.717) is 0 Å². The Morgan fingerprint density at radius 2 is 1.60 bits per heavy atom. The van der Waals surface area contributed by atoms with Gasteiger partial charge in [-0.15, -0.1) is 0 Å². The normalized spacial score (nSPS) is 16.9. The van der Waals surface area contributed by atoms with Gasteiger partial charge >= 0.3 is 0 Å². The van der Waals surface area contributed by atoms with Crippen LogP contribution in [0.3, 0.4) is 0 Å². The van der Waals surface area contributed by atoms with Crippen LogP contribution in [-0.4, -0.2) is 62.2 Å². The fourth-order valence-electron chi connectivity index (χ4n) is 2.74. The van der Waals surface area contributed by atoms with Crippen molar-refractivity contribution in [2.45, 2.75) is 13.8 Å². The predicted molar refractivity (Wildman–Crippen MR) is 87.3 cm³/mol. The highest BCUT2D eigenvalue weighted by Crippen LogP contribution is 2.17. The minimum absolute atomic E-state index is 0.839. The molecule has 1 aromatic rings. The fourth-order valence-corrected chi connectivity index (χ4v) is 2.74. The van der Waals surface area contributed by atoms with Crippen LogP contribution in [-0.2, 0) is 0 Å². The Balaban J connectivity index is 1.76. The summed E-state index contributed by atoms with van der Waals surface area (Å²) in [5.41, 5.74) is 7.87. The van der Waals surface area contributed by atoms with Gasteiger partial charge in [0.05, 0.1) is 0 Å². The van der Waals surface area contributed by atoms with Crippen LogP contribution in [0.1, 0.15) is 13.8 Å². The number of nitrogen functional groups attached to an aromatic ring is 1. The van der Waals surface area contributed by atoms with E-state index in [9.17, 15) is 0 Å². The van der Waals surface area contributed by atoms with Crippen molar-refractivity contribution in [1.29, 1.82) is 0 Å². The molecule has 0 amide bonds. The Hall–Kier alpha value is -1.26. The number of nitrogens with two attached hydrogens (primary N) is 1. The quantitative estimate of drug-likeness (QED) is 0.803. The van der Waals surface area contributed by atoms with Crippen LogP contribution in [0.2, 0.25) is 0 Å². The molecule has 2 rings (SSSR count). The highest BCUT2D eigenvalue weighted by atomic mass is 15.3. The summed E-state index contributed by atoms with van der Waals surface area (Å²) in [5.74, 6) is 0. The van der Waals surface area contributed by atoms with Crippen molar-refractivity contribution < 1.29 is 0 Å². The van der Waals surface area contributed by atoms with Gasteiger partial charge in [0.15, 0.2) is 0 Å². The van der Waals surface area contributed by atoms with E-state index in [-0.39, 0.29) is 0 Å². The molecular weight excluding hydrogens is 248 g/mol. The molecule has 0 saturated carbocycles. The summed E-state index contributed by atoms with van der Waals surface area (Å²) in [6.45, 7) is 13.7. The Bertz CT molecular complexity index is 378. The molecule has 1 saturated heterocycles. The fraction of sp³-hybridized carbons (Fsp3) is 0.625. The van der Waals surface area contributed by atoms with Crippen molar-refractivity contribution in [2.24, 2.45) is 0 Å². The minimum Gasteiger partial charge on any atom is -0.399 e. The molecule has 20 heavy (non-hydrogen) atoms. The molecule has 0 unspecified atom stereocenters. The molecule has 4 nitrogen and oxygen atoms in total. The van der Waals surface area contributed by atoms with Crippen LogP contribution in [0.4, 0.5) is 11.4 Å². The molecule has 1 heterocycles. The summed E-state index contributed by atoms with van der Waals surface area (Å²) in [7, 11) is 0. The molecular formula is C16H28N4. The SMILES string of the molecule is CCN(CC)CCN1CCN(c2ccc(N)cc2)CC1. The van der Waals surface area contributed by atoms with Crippen molar-refractivity contribution >= 4 is 11.4 Å². The monoisotopic (exact) mass is 276 g/mol. The molecule has 0 spiro atoms. The standard InChI is InChI=1S/C16H28N4/c1-3-18(4-2)9-10-19-11-13-20(14-12-19)16-7-5-15(17)6-8-16/h5-8H,3-4,9-14,17H2,1-2H3. The van der Waals surface area contributed by atoms with Gasteiger partial charge in [-0.25, -0.2) is 0 Å². The molecule has 1 aromatic carbocycles. The first-order valence-electron chi connectivity index (χ1n) is 7.78. The zero-order valence-electron chi connectivity index (χ0n) is 12.9. The van der Waals surface area contributed by atoms with E-state index < -0.39 is 0 Å². The number of hydrogen-bond acceptors (Lipinski definition) is 4. The number of benzene rings is 1. The highest BCUT2D eigenvalue weighted by molar-refractivity contribution is 5.53. The predicted octanol–water partition coefficient (Wildman–Crippen LogP) is 1.73. The molecule has 0 radical (unpaired) electrons. The third-order valence-corrected chi connectivity index (χ3v) is 4.26. The Morgan fingerprint density at radius 3 is 2.15 bits per heavy atom. The van der Waals surface area contributed by atoms with Gasteiger partial charge in [-0.3, -0.25) is 4.90 Å². The third kappa shape index (κ3) is 4.12. The van der Waals surface area contributed by atoms with Crippen LogP contribution >= 0.6 is 0 Å². The largest absolute Gasteiger partial charge is 0.399 e. The van der Waals surface area contributed by atoms with Crippen LogP contribution in [0, 0.1) is 0 Å². The van der Waals surface area contributed by atoms with Gasteiger partial charge in [-0.1, -0.05) is 13.8 Å². The van der Waals surface area contributed by atoms with E-state index in [4.69, 9.17) is 5.73 Å². The Morgan fingerprint density at radius 1 is 1.00 bits per heavy atom. The second-order valence-corrected chi connectivity index (χ2v) is 5.45. The van der Waals surface area contributed by atoms with Crippen LogP contribution < -0.4 is 10.6 Å². The highest BCUT2D eigenvalue weighted by Gasteiger charge is 2.17. The van der Waals surface area contributed by atoms with E-state index in [1.54, 1.807) is 0 Å². The van der Waals surface area contributed by atoms with Gasteiger partial charge in [-0.05, 0) is 37.4 Å². The van der Waals surface area contributed by atoms with Gasteiger partial charge in [0.25, 0.3) is 0 Å². The molecule has 1 aliphatic rings. The van der Waals surface area contributed by atoms with E-state index in [1.165, 1.54) is 18.8 Å². The van der Waals surface area contributed by atoms with Crippen LogP contribution in [0.5, 0.6) is 0 Å². The second kappa shape index (κ2) is 7.50. The molecule has 2 N–H and O–H groups in total. The summed E-state index contributed by atoms with van der Waals surface area (Å²) in [6, 6.07) is 8.23. The maximum atomic E-state index is 5.74. The van der Waals surface area contributed by atoms with E-state index in [0.717, 1.165) is 45.0 Å². The zero-order chi connectivity index (χ0) is 14.4. The summed E-state index contributed by atoms with van der Waals surface area (Å²) in [6.07, 6.45) is 0. The second-order valence-electron chi connectivity index (χ2n) is 5.45. The van der Waals surface area contributed by atoms with Crippen LogP contribution in [0.25, 0.3) is 0 Å². The number of anilines is 2. The van der Waals surface area contributed by atoms with Crippen molar-refractivity contribution in [3.63, 3.8) is 0 Å². The lowest BCUT2D eigenvalue weighted by molar-refractivity contribution is 0.206. The third-order valence-electron chi connectivity index (χ3n) is 4.26. The van der Waals surface area contributed by atoms with E-state index in [2.05, 4.69) is 40.7 Å². The van der Waals surface area contributed by atoms with Crippen molar-refractivity contribution in [2.75, 3.05) is 63.0 Å². The first kappa shape index (κ1) is 15.1. The van der Waals surface area contributed by atoms with E-state index in [1.807, 2.05) is 12.1 Å². The molecule has 0 aromatic heterocycles. The average Bonchev–Trinajstić information content (AvgIpc) is 2.50. The van der Waals surface area contributed by atoms with E-state index >= 15 is 0 Å². The molecule has 4 heteroatoms. The molecule has 0 atom stereocenters. The molecule has 0 aliphatic carbocycles. The molecule has 1 fully saturated rings. The zero-order valence-corrected chi connectivity index (χ0v) is 12.9. The molecule has 112 valence electrons. The first-order chi connectivity index (χ1) is 9.72. The van der Waals surface area contributed by atoms with Crippen molar-refractivity contribution in [3.05, 3.63) is 24.3 Å². The maximum absolute atomic E-state index is 5.74. The minimum atomic E-state index is 0.839. The number of likely N-dealkylation sites (N-methyl/N-ethyl adjacent to an activating group) is 1. The van der Waals surface area contributed by atoms with Crippen molar-refractivity contribution in [3.8, 4) is 0 Å². The molecule has 1 aliphatic heterocycles. The Kier molecular flexibility index (Phi) is 5.68. The van der Waals surface area contributed by atoms with Crippen molar-refractivity contribution in [1.82, 2.24) is 9.80 Å². The van der Waals surface area contributed by atoms with Crippen LogP contribution in [0.15, 0.2) is 24.3 Å². The lowest BCUT2D eigenvalue weighted by Gasteiger charge is -2.37. The number of rotatable bonds is 6.